The first-order valence-electron chi connectivity index (χ1n) is 10.8. The van der Waals surface area contributed by atoms with Gasteiger partial charge in [-0.1, -0.05) is 12.1 Å². The van der Waals surface area contributed by atoms with Gasteiger partial charge in [0.15, 0.2) is 0 Å². The van der Waals surface area contributed by atoms with Gasteiger partial charge < -0.3 is 14.7 Å². The molecule has 1 fully saturated rings. The predicted octanol–water partition coefficient (Wildman–Crippen LogP) is 5.83. The molecule has 1 saturated heterocycles. The number of phenols is 1. The molecule has 1 amide bonds. The van der Waals surface area contributed by atoms with Crippen LogP contribution in [0.4, 0.5) is 17.6 Å². The monoisotopic (exact) mass is 474 g/mol. The van der Waals surface area contributed by atoms with Gasteiger partial charge in [-0.15, -0.1) is 0 Å². The molecule has 1 N–H and O–H groups in total. The molecule has 0 unspecified atom stereocenters. The summed E-state index contributed by atoms with van der Waals surface area (Å²) in [5, 5.41) is 9.55. The summed E-state index contributed by atoms with van der Waals surface area (Å²) < 4.78 is 58.2. The molecule has 2 aromatic carbocycles. The van der Waals surface area contributed by atoms with E-state index in [4.69, 9.17) is 4.74 Å². The summed E-state index contributed by atoms with van der Waals surface area (Å²) in [5.41, 5.74) is -0.0275. The fraction of sp³-hybridized carbons (Fsp3) is 0.280. The molecule has 9 heteroatoms. The maximum Gasteiger partial charge on any atom is 0.416 e. The van der Waals surface area contributed by atoms with Crippen LogP contribution in [0, 0.1) is 11.7 Å². The first-order valence-corrected chi connectivity index (χ1v) is 10.8. The number of hydrogen-bond acceptors (Lipinski definition) is 4. The molecule has 0 spiro atoms. The van der Waals surface area contributed by atoms with Crippen molar-refractivity contribution < 1.29 is 32.2 Å². The van der Waals surface area contributed by atoms with Crippen LogP contribution in [-0.4, -0.2) is 34.0 Å². The second-order valence-corrected chi connectivity index (χ2v) is 8.23. The van der Waals surface area contributed by atoms with Gasteiger partial charge in [-0.05, 0) is 67.1 Å². The average molecular weight is 474 g/mol. The molecule has 3 aromatic rings. The summed E-state index contributed by atoms with van der Waals surface area (Å²) in [5.74, 6) is -0.760. The van der Waals surface area contributed by atoms with Gasteiger partial charge in [-0.3, -0.25) is 4.79 Å². The molecular weight excluding hydrogens is 452 g/mol. The van der Waals surface area contributed by atoms with Crippen molar-refractivity contribution in [2.75, 3.05) is 13.1 Å². The smallest absolute Gasteiger partial charge is 0.416 e. The lowest BCUT2D eigenvalue weighted by Gasteiger charge is -2.32. The Bertz CT molecular complexity index is 1170. The van der Waals surface area contributed by atoms with Crippen molar-refractivity contribution in [2.45, 2.75) is 25.4 Å². The summed E-state index contributed by atoms with van der Waals surface area (Å²) in [6, 6.07) is 12.2. The number of piperidine rings is 1. The third-order valence-electron chi connectivity index (χ3n) is 5.79. The number of carbonyl (C=O) groups is 1. The summed E-state index contributed by atoms with van der Waals surface area (Å²) in [7, 11) is 0. The van der Waals surface area contributed by atoms with Crippen LogP contribution in [0.5, 0.6) is 17.4 Å². The normalized spacial score (nSPS) is 14.8. The van der Waals surface area contributed by atoms with E-state index in [1.807, 2.05) is 6.07 Å². The minimum Gasteiger partial charge on any atom is -0.508 e. The van der Waals surface area contributed by atoms with E-state index < -0.39 is 23.5 Å². The number of pyridine rings is 1. The van der Waals surface area contributed by atoms with E-state index in [0.717, 1.165) is 36.0 Å². The van der Waals surface area contributed by atoms with E-state index in [1.54, 1.807) is 23.1 Å². The van der Waals surface area contributed by atoms with Crippen LogP contribution >= 0.6 is 0 Å². The molecule has 0 aliphatic carbocycles. The van der Waals surface area contributed by atoms with Gasteiger partial charge in [0.1, 0.15) is 17.3 Å². The van der Waals surface area contributed by atoms with Gasteiger partial charge in [-0.2, -0.15) is 13.2 Å². The highest BCUT2D eigenvalue weighted by atomic mass is 19.4. The molecule has 178 valence electrons. The summed E-state index contributed by atoms with van der Waals surface area (Å²) in [6.07, 6.45) is -1.29. The van der Waals surface area contributed by atoms with E-state index in [9.17, 15) is 27.5 Å². The SMILES string of the molecule is O=C(c1cc(O)ccc1F)N1CCC(Cc2cccc(Oc3cc(C(F)(F)F)ccn3)c2)CC1. The van der Waals surface area contributed by atoms with Crippen LogP contribution in [-0.2, 0) is 12.6 Å². The van der Waals surface area contributed by atoms with Crippen molar-refractivity contribution in [3.8, 4) is 17.4 Å². The Morgan fingerprint density at radius 3 is 2.59 bits per heavy atom. The fourth-order valence-corrected chi connectivity index (χ4v) is 4.02. The standard InChI is InChI=1S/C25H22F4N2O3/c26-22-5-4-19(32)15-21(22)24(33)31-10-7-16(8-11-31)12-17-2-1-3-20(13-17)34-23-14-18(6-9-30-23)25(27,28)29/h1-6,9,13-16,32H,7-8,10-12H2. The minimum atomic E-state index is -4.48. The number of halogens is 4. The van der Waals surface area contributed by atoms with Crippen LogP contribution in [0.3, 0.4) is 0 Å². The molecule has 0 bridgehead atoms. The predicted molar refractivity (Wildman–Crippen MR) is 116 cm³/mol. The second-order valence-electron chi connectivity index (χ2n) is 8.23. The lowest BCUT2D eigenvalue weighted by atomic mass is 9.90. The van der Waals surface area contributed by atoms with Gasteiger partial charge >= 0.3 is 6.18 Å². The van der Waals surface area contributed by atoms with Crippen molar-refractivity contribution in [2.24, 2.45) is 5.92 Å². The van der Waals surface area contributed by atoms with E-state index in [-0.39, 0.29) is 23.1 Å². The quantitative estimate of drug-likeness (QED) is 0.473. The van der Waals surface area contributed by atoms with E-state index >= 15 is 0 Å². The number of phenolic OH excluding ortho intramolecular Hbond substituents is 1. The molecule has 1 aromatic heterocycles. The Hall–Kier alpha value is -3.62. The van der Waals surface area contributed by atoms with Gasteiger partial charge in [0, 0.05) is 25.4 Å². The first kappa shape index (κ1) is 23.5. The number of ether oxygens (including phenoxy) is 1. The molecule has 1 aliphatic rings. The molecule has 34 heavy (non-hydrogen) atoms. The third-order valence-corrected chi connectivity index (χ3v) is 5.79. The summed E-state index contributed by atoms with van der Waals surface area (Å²) in [4.78, 5) is 18.1. The summed E-state index contributed by atoms with van der Waals surface area (Å²) in [6.45, 7) is 0.923. The minimum absolute atomic E-state index is 0.141. The number of carbonyl (C=O) groups excluding carboxylic acids is 1. The maximum atomic E-state index is 14.0. The highest BCUT2D eigenvalue weighted by molar-refractivity contribution is 5.95. The van der Waals surface area contributed by atoms with E-state index in [0.29, 0.717) is 38.1 Å². The van der Waals surface area contributed by atoms with Crippen LogP contribution in [0.1, 0.15) is 34.3 Å². The van der Waals surface area contributed by atoms with E-state index in [1.165, 1.54) is 6.07 Å². The Balaban J connectivity index is 1.35. The zero-order chi connectivity index (χ0) is 24.3. The lowest BCUT2D eigenvalue weighted by molar-refractivity contribution is -0.137. The Labute approximate surface area is 193 Å². The number of likely N-dealkylation sites (tertiary alicyclic amines) is 1. The van der Waals surface area contributed by atoms with Gasteiger partial charge in [0.05, 0.1) is 11.1 Å². The molecular formula is C25H22F4N2O3. The van der Waals surface area contributed by atoms with Crippen molar-refractivity contribution in [1.82, 2.24) is 9.88 Å². The number of hydrogen-bond donors (Lipinski definition) is 1. The highest BCUT2D eigenvalue weighted by Gasteiger charge is 2.31. The number of alkyl halides is 3. The molecule has 1 aliphatic heterocycles. The van der Waals surface area contributed by atoms with Crippen molar-refractivity contribution >= 4 is 5.91 Å². The van der Waals surface area contributed by atoms with Crippen LogP contribution in [0.25, 0.3) is 0 Å². The number of benzene rings is 2. The zero-order valence-electron chi connectivity index (χ0n) is 18.1. The van der Waals surface area contributed by atoms with Gasteiger partial charge in [0.2, 0.25) is 5.88 Å². The van der Waals surface area contributed by atoms with Crippen LogP contribution in [0.15, 0.2) is 60.8 Å². The Morgan fingerprint density at radius 1 is 1.09 bits per heavy atom. The number of rotatable bonds is 5. The molecule has 0 radical (unpaired) electrons. The second kappa shape index (κ2) is 9.70. The zero-order valence-corrected chi connectivity index (χ0v) is 18.1. The molecule has 2 heterocycles. The number of amides is 1. The molecule has 4 rings (SSSR count). The number of aromatic nitrogens is 1. The van der Waals surface area contributed by atoms with Gasteiger partial charge in [-0.25, -0.2) is 9.37 Å². The fourth-order valence-electron chi connectivity index (χ4n) is 4.02. The average Bonchev–Trinajstić information content (AvgIpc) is 2.81. The van der Waals surface area contributed by atoms with Crippen molar-refractivity contribution in [3.63, 3.8) is 0 Å². The third kappa shape index (κ3) is 5.65. The lowest BCUT2D eigenvalue weighted by Crippen LogP contribution is -2.39. The molecule has 0 saturated carbocycles. The summed E-state index contributed by atoms with van der Waals surface area (Å²) >= 11 is 0. The molecule has 5 nitrogen and oxygen atoms in total. The van der Waals surface area contributed by atoms with Crippen LogP contribution < -0.4 is 4.74 Å². The highest BCUT2D eigenvalue weighted by Crippen LogP contribution is 2.32. The number of aromatic hydroxyl groups is 1. The number of nitrogens with zero attached hydrogens (tertiary/aromatic N) is 2. The van der Waals surface area contributed by atoms with Crippen LogP contribution in [0.2, 0.25) is 0 Å². The maximum absolute atomic E-state index is 14.0. The Morgan fingerprint density at radius 2 is 1.85 bits per heavy atom. The van der Waals surface area contributed by atoms with E-state index in [2.05, 4.69) is 4.98 Å². The van der Waals surface area contributed by atoms with Gasteiger partial charge in [0.25, 0.3) is 5.91 Å². The first-order chi connectivity index (χ1) is 16.2. The molecule has 0 atom stereocenters. The topological polar surface area (TPSA) is 62.7 Å². The van der Waals surface area contributed by atoms with Crippen molar-refractivity contribution in [3.05, 3.63) is 83.3 Å². The largest absolute Gasteiger partial charge is 0.508 e. The Kier molecular flexibility index (Phi) is 6.72. The van der Waals surface area contributed by atoms with Crippen molar-refractivity contribution in [1.29, 1.82) is 0 Å².